The molecule has 1 atom stereocenters. The molecule has 0 spiro atoms. The minimum absolute atomic E-state index is 0.602. The van der Waals surface area contributed by atoms with Crippen molar-refractivity contribution in [3.63, 3.8) is 0 Å². The maximum Gasteiger partial charge on any atom is 0.0466 e. The summed E-state index contributed by atoms with van der Waals surface area (Å²) in [6.45, 7) is 3.40. The highest BCUT2D eigenvalue weighted by atomic mass is 15.2. The zero-order chi connectivity index (χ0) is 11.1. The predicted octanol–water partition coefficient (Wildman–Crippen LogP) is 0.741. The van der Waals surface area contributed by atoms with Gasteiger partial charge in [-0.1, -0.05) is 18.2 Å². The number of nitrogens with two attached hydrogens (primary N) is 1. The zero-order valence-corrected chi connectivity index (χ0v) is 9.87. The fourth-order valence-corrected chi connectivity index (χ4v) is 2.06. The molecule has 2 rings (SSSR count). The predicted molar refractivity (Wildman–Crippen MR) is 65.9 cm³/mol. The molecule has 1 aliphatic carbocycles. The van der Waals surface area contributed by atoms with Gasteiger partial charge < -0.3 is 11.1 Å². The first-order valence-corrected chi connectivity index (χ1v) is 5.73. The molecular weight excluding hydrogens is 186 g/mol. The zero-order valence-electron chi connectivity index (χ0n) is 9.87. The Labute approximate surface area is 93.0 Å². The molecule has 86 valence electrons. The molecule has 2 aliphatic rings. The van der Waals surface area contributed by atoms with Gasteiger partial charge in [0.1, 0.15) is 0 Å². The molecule has 0 saturated carbocycles. The van der Waals surface area contributed by atoms with Crippen LogP contribution in [0.4, 0.5) is 0 Å². The van der Waals surface area contributed by atoms with Crippen molar-refractivity contribution in [2.24, 2.45) is 5.73 Å². The molecule has 0 radical (unpaired) electrons. The van der Waals surface area contributed by atoms with Crippen LogP contribution in [0.3, 0.4) is 0 Å². The van der Waals surface area contributed by atoms with Crippen LogP contribution in [-0.4, -0.2) is 44.7 Å². The van der Waals surface area contributed by atoms with Crippen molar-refractivity contribution in [2.75, 3.05) is 33.7 Å². The molecule has 3 heteroatoms. The van der Waals surface area contributed by atoms with Crippen LogP contribution in [0.1, 0.15) is 12.8 Å². The Kier molecular flexibility index (Phi) is 5.61. The highest BCUT2D eigenvalue weighted by Crippen LogP contribution is 2.17. The molecule has 1 unspecified atom stereocenters. The summed E-state index contributed by atoms with van der Waals surface area (Å²) in [7, 11) is 3.72. The van der Waals surface area contributed by atoms with Crippen molar-refractivity contribution in [1.82, 2.24) is 10.2 Å². The number of nitrogens with zero attached hydrogens (tertiary/aromatic N) is 1. The summed E-state index contributed by atoms with van der Waals surface area (Å²) < 4.78 is 0. The summed E-state index contributed by atoms with van der Waals surface area (Å²) >= 11 is 0. The Hall–Kier alpha value is -0.640. The van der Waals surface area contributed by atoms with Crippen LogP contribution in [0.25, 0.3) is 0 Å². The maximum atomic E-state index is 4.50. The smallest absolute Gasteiger partial charge is 0.0466 e. The van der Waals surface area contributed by atoms with Gasteiger partial charge in [0.25, 0.3) is 0 Å². The van der Waals surface area contributed by atoms with E-state index in [-0.39, 0.29) is 0 Å². The highest BCUT2D eigenvalue weighted by molar-refractivity contribution is 5.28. The van der Waals surface area contributed by atoms with Gasteiger partial charge in [-0.3, -0.25) is 4.90 Å². The Balaban J connectivity index is 0.000000531. The topological polar surface area (TPSA) is 41.3 Å². The van der Waals surface area contributed by atoms with Crippen molar-refractivity contribution in [3.8, 4) is 0 Å². The van der Waals surface area contributed by atoms with E-state index in [2.05, 4.69) is 41.2 Å². The van der Waals surface area contributed by atoms with Gasteiger partial charge in [-0.25, -0.2) is 0 Å². The molecule has 0 bridgehead atoms. The number of hydrogen-bond acceptors (Lipinski definition) is 3. The average Bonchev–Trinajstić information content (AvgIpc) is 2.33. The van der Waals surface area contributed by atoms with Crippen LogP contribution in [0.15, 0.2) is 23.8 Å². The number of rotatable bonds is 1. The van der Waals surface area contributed by atoms with E-state index in [0.717, 1.165) is 19.6 Å². The third-order valence-corrected chi connectivity index (χ3v) is 2.92. The van der Waals surface area contributed by atoms with Crippen LogP contribution in [-0.2, 0) is 0 Å². The summed E-state index contributed by atoms with van der Waals surface area (Å²) in [4.78, 5) is 2.44. The lowest BCUT2D eigenvalue weighted by Crippen LogP contribution is -2.49. The van der Waals surface area contributed by atoms with Crippen LogP contribution < -0.4 is 11.1 Å². The van der Waals surface area contributed by atoms with Crippen molar-refractivity contribution >= 4 is 0 Å². The Bertz CT molecular complexity index is 233. The van der Waals surface area contributed by atoms with Gasteiger partial charge in [0.2, 0.25) is 0 Å². The van der Waals surface area contributed by atoms with Gasteiger partial charge in [-0.05, 0) is 32.5 Å². The average molecular weight is 209 g/mol. The molecule has 0 amide bonds. The molecule has 0 aromatic heterocycles. The second-order valence-corrected chi connectivity index (χ2v) is 3.88. The van der Waals surface area contributed by atoms with Crippen LogP contribution in [0.5, 0.6) is 0 Å². The van der Waals surface area contributed by atoms with Gasteiger partial charge >= 0.3 is 0 Å². The molecule has 15 heavy (non-hydrogen) atoms. The van der Waals surface area contributed by atoms with E-state index >= 15 is 0 Å². The number of likely N-dealkylation sites (N-methyl/N-ethyl adjacent to an activating group) is 1. The van der Waals surface area contributed by atoms with E-state index in [4.69, 9.17) is 0 Å². The SMILES string of the molecule is CN.CN1CCNCC1C1=CCCC=C1. The van der Waals surface area contributed by atoms with Gasteiger partial charge in [0.15, 0.2) is 0 Å². The number of nitrogens with one attached hydrogen (secondary N) is 1. The first kappa shape index (κ1) is 12.4. The third kappa shape index (κ3) is 3.45. The van der Waals surface area contributed by atoms with E-state index in [1.807, 2.05) is 0 Å². The Morgan fingerprint density at radius 3 is 2.80 bits per heavy atom. The quantitative estimate of drug-likeness (QED) is 0.669. The molecule has 1 fully saturated rings. The summed E-state index contributed by atoms with van der Waals surface area (Å²) in [5.41, 5.74) is 6.00. The van der Waals surface area contributed by atoms with E-state index < -0.39 is 0 Å². The molecule has 3 N–H and O–H groups in total. The summed E-state index contributed by atoms with van der Waals surface area (Å²) in [6, 6.07) is 0.602. The second-order valence-electron chi connectivity index (χ2n) is 3.88. The van der Waals surface area contributed by atoms with Crippen molar-refractivity contribution in [1.29, 1.82) is 0 Å². The molecule has 3 nitrogen and oxygen atoms in total. The molecular formula is C12H23N3. The van der Waals surface area contributed by atoms with Crippen LogP contribution in [0.2, 0.25) is 0 Å². The Morgan fingerprint density at radius 2 is 2.20 bits per heavy atom. The fourth-order valence-electron chi connectivity index (χ4n) is 2.06. The van der Waals surface area contributed by atoms with Gasteiger partial charge in [0.05, 0.1) is 0 Å². The summed E-state index contributed by atoms with van der Waals surface area (Å²) in [5.74, 6) is 0. The minimum atomic E-state index is 0.602. The fraction of sp³-hybridized carbons (Fsp3) is 0.667. The van der Waals surface area contributed by atoms with Crippen molar-refractivity contribution in [3.05, 3.63) is 23.8 Å². The number of piperazine rings is 1. The normalized spacial score (nSPS) is 26.6. The van der Waals surface area contributed by atoms with E-state index in [0.29, 0.717) is 6.04 Å². The molecule has 1 aliphatic heterocycles. The summed E-state index contributed by atoms with van der Waals surface area (Å²) in [6.07, 6.45) is 9.40. The lowest BCUT2D eigenvalue weighted by Gasteiger charge is -2.34. The van der Waals surface area contributed by atoms with Gasteiger partial charge in [-0.2, -0.15) is 0 Å². The van der Waals surface area contributed by atoms with Crippen LogP contribution in [0, 0.1) is 0 Å². The largest absolute Gasteiger partial charge is 0.333 e. The van der Waals surface area contributed by atoms with Crippen molar-refractivity contribution < 1.29 is 0 Å². The van der Waals surface area contributed by atoms with E-state index in [1.54, 1.807) is 0 Å². The van der Waals surface area contributed by atoms with E-state index in [9.17, 15) is 0 Å². The molecule has 0 aromatic carbocycles. The van der Waals surface area contributed by atoms with E-state index in [1.165, 1.54) is 25.5 Å². The standard InChI is InChI=1S/C11H18N2.CH5N/c1-13-8-7-12-9-11(13)10-5-3-2-4-6-10;1-2/h3,5-6,11-12H,2,4,7-9H2,1H3;2H2,1H3. The monoisotopic (exact) mass is 209 g/mol. The maximum absolute atomic E-state index is 4.50. The first-order chi connectivity index (χ1) is 7.38. The first-order valence-electron chi connectivity index (χ1n) is 5.73. The molecule has 0 aromatic rings. The molecule has 1 heterocycles. The number of hydrogen-bond donors (Lipinski definition) is 2. The number of allylic oxidation sites excluding steroid dienone is 2. The second kappa shape index (κ2) is 6.77. The third-order valence-electron chi connectivity index (χ3n) is 2.92. The Morgan fingerprint density at radius 1 is 1.40 bits per heavy atom. The summed E-state index contributed by atoms with van der Waals surface area (Å²) in [5, 5.41) is 3.45. The van der Waals surface area contributed by atoms with Gasteiger partial charge in [-0.15, -0.1) is 0 Å². The lowest BCUT2D eigenvalue weighted by atomic mass is 9.98. The van der Waals surface area contributed by atoms with Gasteiger partial charge in [0, 0.05) is 25.7 Å². The van der Waals surface area contributed by atoms with Crippen molar-refractivity contribution in [2.45, 2.75) is 18.9 Å². The lowest BCUT2D eigenvalue weighted by molar-refractivity contribution is 0.229. The highest BCUT2D eigenvalue weighted by Gasteiger charge is 2.21. The minimum Gasteiger partial charge on any atom is -0.333 e. The van der Waals surface area contributed by atoms with Crippen LogP contribution >= 0.6 is 0 Å². The molecule has 1 saturated heterocycles.